The summed E-state index contributed by atoms with van der Waals surface area (Å²) in [6, 6.07) is 12.5. The number of aromatic nitrogens is 1. The van der Waals surface area contributed by atoms with Gasteiger partial charge in [0.1, 0.15) is 0 Å². The molecule has 4 nitrogen and oxygen atoms in total. The molecule has 2 aromatic carbocycles. The topological polar surface area (TPSA) is 52.2 Å². The second-order valence-electron chi connectivity index (χ2n) is 6.03. The number of para-hydroxylation sites is 2. The maximum Gasteiger partial charge on any atom is 0.191 e. The summed E-state index contributed by atoms with van der Waals surface area (Å²) >= 11 is 5.34. The van der Waals surface area contributed by atoms with Crippen molar-refractivity contribution in [2.75, 3.05) is 5.32 Å². The molecule has 0 aliphatic carbocycles. The molecule has 128 valence electrons. The molecule has 0 amide bonds. The molecule has 1 aromatic heterocycles. The van der Waals surface area contributed by atoms with E-state index in [1.165, 1.54) is 16.5 Å². The van der Waals surface area contributed by atoms with Crippen molar-refractivity contribution in [2.45, 2.75) is 27.2 Å². The van der Waals surface area contributed by atoms with Gasteiger partial charge >= 0.3 is 0 Å². The van der Waals surface area contributed by atoms with Crippen LogP contribution in [0, 0.1) is 13.8 Å². The number of nitrogens with one attached hydrogen (secondary N) is 3. The van der Waals surface area contributed by atoms with Crippen LogP contribution in [0.2, 0.25) is 0 Å². The number of fused-ring (bicyclic) bond motifs is 1. The molecule has 3 rings (SSSR count). The van der Waals surface area contributed by atoms with Gasteiger partial charge in [0.15, 0.2) is 5.11 Å². The van der Waals surface area contributed by atoms with Crippen molar-refractivity contribution in [1.29, 1.82) is 0 Å². The van der Waals surface area contributed by atoms with E-state index >= 15 is 0 Å². The Hall–Kier alpha value is -2.66. The molecule has 25 heavy (non-hydrogen) atoms. The van der Waals surface area contributed by atoms with Crippen molar-refractivity contribution in [1.82, 2.24) is 10.4 Å². The fraction of sp³-hybridized carbons (Fsp3) is 0.200. The van der Waals surface area contributed by atoms with Crippen LogP contribution in [0.3, 0.4) is 0 Å². The third kappa shape index (κ3) is 3.72. The van der Waals surface area contributed by atoms with Gasteiger partial charge in [-0.2, -0.15) is 5.10 Å². The Morgan fingerprint density at radius 3 is 2.60 bits per heavy atom. The predicted octanol–water partition coefficient (Wildman–Crippen LogP) is 4.67. The van der Waals surface area contributed by atoms with Gasteiger partial charge < -0.3 is 10.3 Å². The highest BCUT2D eigenvalue weighted by Gasteiger charge is 2.05. The fourth-order valence-corrected chi connectivity index (χ4v) is 3.11. The Kier molecular flexibility index (Phi) is 5.14. The number of aryl methyl sites for hydroxylation is 3. The number of anilines is 1. The van der Waals surface area contributed by atoms with Crippen molar-refractivity contribution < 1.29 is 0 Å². The summed E-state index contributed by atoms with van der Waals surface area (Å²) in [5, 5.41) is 9.13. The first kappa shape index (κ1) is 17.2. The largest absolute Gasteiger partial charge is 0.360 e. The molecule has 5 heteroatoms. The van der Waals surface area contributed by atoms with Crippen LogP contribution < -0.4 is 10.7 Å². The average molecular weight is 350 g/mol. The van der Waals surface area contributed by atoms with E-state index in [0.29, 0.717) is 5.11 Å². The first-order chi connectivity index (χ1) is 12.1. The maximum atomic E-state index is 5.34. The van der Waals surface area contributed by atoms with Gasteiger partial charge in [0.05, 0.1) is 6.21 Å². The van der Waals surface area contributed by atoms with E-state index in [0.717, 1.165) is 28.8 Å². The van der Waals surface area contributed by atoms with Crippen molar-refractivity contribution >= 4 is 40.1 Å². The van der Waals surface area contributed by atoms with Gasteiger partial charge in [-0.1, -0.05) is 43.3 Å². The van der Waals surface area contributed by atoms with E-state index in [4.69, 9.17) is 12.2 Å². The molecular formula is C20H22N4S. The molecule has 0 aliphatic rings. The van der Waals surface area contributed by atoms with Crippen molar-refractivity contribution in [2.24, 2.45) is 5.10 Å². The Balaban J connectivity index is 1.70. The number of hydrazone groups is 1. The molecule has 0 bridgehead atoms. The minimum Gasteiger partial charge on any atom is -0.360 e. The van der Waals surface area contributed by atoms with Crippen LogP contribution in [0.1, 0.15) is 29.2 Å². The lowest BCUT2D eigenvalue weighted by atomic mass is 10.1. The van der Waals surface area contributed by atoms with Gasteiger partial charge in [0.2, 0.25) is 0 Å². The molecule has 3 N–H and O–H groups in total. The van der Waals surface area contributed by atoms with Crippen LogP contribution >= 0.6 is 12.2 Å². The molecule has 0 aliphatic heterocycles. The first-order valence-corrected chi connectivity index (χ1v) is 8.76. The van der Waals surface area contributed by atoms with Gasteiger partial charge in [0.25, 0.3) is 0 Å². The molecular weight excluding hydrogens is 328 g/mol. The summed E-state index contributed by atoms with van der Waals surface area (Å²) < 4.78 is 0. The van der Waals surface area contributed by atoms with E-state index < -0.39 is 0 Å². The maximum absolute atomic E-state index is 5.34. The highest BCUT2D eigenvalue weighted by atomic mass is 32.1. The Bertz CT molecular complexity index is 920. The number of thiocarbonyl (C=S) groups is 1. The van der Waals surface area contributed by atoms with Gasteiger partial charge in [0, 0.05) is 28.4 Å². The summed E-state index contributed by atoms with van der Waals surface area (Å²) in [4.78, 5) is 3.33. The molecule has 0 unspecified atom stereocenters. The Morgan fingerprint density at radius 2 is 1.88 bits per heavy atom. The molecule has 3 aromatic rings. The van der Waals surface area contributed by atoms with Crippen LogP contribution in [0.15, 0.2) is 47.7 Å². The van der Waals surface area contributed by atoms with E-state index in [9.17, 15) is 0 Å². The summed E-state index contributed by atoms with van der Waals surface area (Å²) in [6.07, 6.45) is 4.75. The molecule has 0 spiro atoms. The van der Waals surface area contributed by atoms with Crippen molar-refractivity contribution in [3.05, 3.63) is 64.8 Å². The number of H-pyrrole nitrogens is 1. The smallest absolute Gasteiger partial charge is 0.191 e. The number of nitrogens with zero attached hydrogens (tertiary/aromatic N) is 1. The normalized spacial score (nSPS) is 11.2. The molecule has 0 atom stereocenters. The van der Waals surface area contributed by atoms with Crippen molar-refractivity contribution in [3.63, 3.8) is 0 Å². The van der Waals surface area contributed by atoms with E-state index in [1.807, 2.05) is 12.3 Å². The molecule has 0 radical (unpaired) electrons. The monoisotopic (exact) mass is 350 g/mol. The molecule has 0 saturated carbocycles. The highest BCUT2D eigenvalue weighted by molar-refractivity contribution is 7.80. The SMILES string of the molecule is CCc1cccc2c(/C=N/NC(=S)Nc3c(C)cccc3C)c[nH]c12. The highest BCUT2D eigenvalue weighted by Crippen LogP contribution is 2.21. The second kappa shape index (κ2) is 7.49. The molecule has 0 saturated heterocycles. The van der Waals surface area contributed by atoms with E-state index in [2.05, 4.69) is 71.9 Å². The zero-order valence-corrected chi connectivity index (χ0v) is 15.5. The van der Waals surface area contributed by atoms with E-state index in [-0.39, 0.29) is 0 Å². The summed E-state index contributed by atoms with van der Waals surface area (Å²) in [5.41, 5.74) is 9.72. The number of aromatic amines is 1. The van der Waals surface area contributed by atoms with Crippen LogP contribution in [0.25, 0.3) is 10.9 Å². The third-order valence-electron chi connectivity index (χ3n) is 4.30. The van der Waals surface area contributed by atoms with Gasteiger partial charge in [-0.25, -0.2) is 0 Å². The molecule has 1 heterocycles. The standard InChI is InChI=1S/C20H22N4S/c1-4-15-9-6-10-17-16(11-21-19(15)17)12-22-24-20(25)23-18-13(2)7-5-8-14(18)3/h5-12,21H,4H2,1-3H3,(H2,23,24,25)/b22-12+. The summed E-state index contributed by atoms with van der Waals surface area (Å²) in [6.45, 7) is 6.26. The van der Waals surface area contributed by atoms with Crippen LogP contribution in [-0.4, -0.2) is 16.3 Å². The van der Waals surface area contributed by atoms with Crippen LogP contribution in [-0.2, 0) is 6.42 Å². The minimum atomic E-state index is 0.475. The lowest BCUT2D eigenvalue weighted by Gasteiger charge is -2.12. The van der Waals surface area contributed by atoms with Gasteiger partial charge in [-0.3, -0.25) is 5.43 Å². The van der Waals surface area contributed by atoms with Crippen LogP contribution in [0.4, 0.5) is 5.69 Å². The Morgan fingerprint density at radius 1 is 1.16 bits per heavy atom. The van der Waals surface area contributed by atoms with Crippen LogP contribution in [0.5, 0.6) is 0 Å². The zero-order valence-electron chi connectivity index (χ0n) is 14.7. The lowest BCUT2D eigenvalue weighted by molar-refractivity contribution is 1.05. The number of hydrogen-bond acceptors (Lipinski definition) is 2. The zero-order chi connectivity index (χ0) is 17.8. The summed E-state index contributed by atoms with van der Waals surface area (Å²) in [7, 11) is 0. The Labute approximate surface area is 153 Å². The predicted molar refractivity (Wildman–Crippen MR) is 111 cm³/mol. The summed E-state index contributed by atoms with van der Waals surface area (Å²) in [5.74, 6) is 0. The fourth-order valence-electron chi connectivity index (χ4n) is 2.95. The quantitative estimate of drug-likeness (QED) is 0.364. The second-order valence-corrected chi connectivity index (χ2v) is 6.44. The number of hydrogen-bond donors (Lipinski definition) is 3. The average Bonchev–Trinajstić information content (AvgIpc) is 3.01. The lowest BCUT2D eigenvalue weighted by Crippen LogP contribution is -2.24. The van der Waals surface area contributed by atoms with Crippen molar-refractivity contribution in [3.8, 4) is 0 Å². The minimum absolute atomic E-state index is 0.475. The molecule has 0 fully saturated rings. The van der Waals surface area contributed by atoms with E-state index in [1.54, 1.807) is 6.21 Å². The van der Waals surface area contributed by atoms with Gasteiger partial charge in [-0.15, -0.1) is 0 Å². The van der Waals surface area contributed by atoms with Gasteiger partial charge in [-0.05, 0) is 49.2 Å². The number of rotatable bonds is 4. The number of benzene rings is 2. The first-order valence-electron chi connectivity index (χ1n) is 8.35. The third-order valence-corrected chi connectivity index (χ3v) is 4.50.